The second-order valence-corrected chi connectivity index (χ2v) is 5.28. The lowest BCUT2D eigenvalue weighted by Crippen LogP contribution is -2.20. The Balaban J connectivity index is 1.63. The van der Waals surface area contributed by atoms with Gasteiger partial charge in [0.1, 0.15) is 17.9 Å². The first-order valence-electron chi connectivity index (χ1n) is 7.46. The van der Waals surface area contributed by atoms with E-state index in [1.165, 1.54) is 11.0 Å². The molecule has 27 heavy (non-hydrogen) atoms. The van der Waals surface area contributed by atoms with Crippen LogP contribution in [0.1, 0.15) is 5.56 Å². The van der Waals surface area contributed by atoms with Crippen LogP contribution in [0.4, 0.5) is 23.2 Å². The van der Waals surface area contributed by atoms with Crippen molar-refractivity contribution in [1.82, 2.24) is 20.2 Å². The minimum absolute atomic E-state index is 0.195. The number of hydrogen-bond acceptors (Lipinski definition) is 5. The summed E-state index contributed by atoms with van der Waals surface area (Å²) < 4.78 is 58.0. The molecule has 0 aliphatic rings. The van der Waals surface area contributed by atoms with Crippen molar-refractivity contribution < 1.29 is 27.1 Å². The molecule has 3 aromatic rings. The molecule has 0 atom stereocenters. The van der Waals surface area contributed by atoms with Crippen molar-refractivity contribution in [2.45, 2.75) is 6.18 Å². The fourth-order valence-electron chi connectivity index (χ4n) is 2.16. The van der Waals surface area contributed by atoms with Crippen molar-refractivity contribution >= 4 is 11.6 Å². The Morgan fingerprint density at radius 2 is 2.00 bits per heavy atom. The maximum atomic E-state index is 13.3. The lowest BCUT2D eigenvalue weighted by atomic mass is 10.2. The van der Waals surface area contributed by atoms with Gasteiger partial charge in [-0.3, -0.25) is 4.79 Å². The molecule has 0 unspecified atom stereocenters. The summed E-state index contributed by atoms with van der Waals surface area (Å²) in [7, 11) is 0. The Kier molecular flexibility index (Phi) is 5.01. The lowest BCUT2D eigenvalue weighted by Gasteiger charge is -2.11. The molecule has 2 aromatic carbocycles. The molecule has 3 rings (SSSR count). The quantitative estimate of drug-likeness (QED) is 0.688. The molecular weight excluding hydrogens is 370 g/mol. The monoisotopic (exact) mass is 381 g/mol. The highest BCUT2D eigenvalue weighted by Crippen LogP contribution is 2.33. The summed E-state index contributed by atoms with van der Waals surface area (Å²) in [4.78, 5) is 11.9. The van der Waals surface area contributed by atoms with Crippen molar-refractivity contribution in [2.24, 2.45) is 0 Å². The zero-order valence-corrected chi connectivity index (χ0v) is 13.4. The number of tetrazole rings is 1. The Hall–Kier alpha value is -3.50. The molecule has 0 saturated heterocycles. The van der Waals surface area contributed by atoms with E-state index in [1.54, 1.807) is 24.3 Å². The van der Waals surface area contributed by atoms with Gasteiger partial charge in [0.2, 0.25) is 0 Å². The number of amides is 1. The molecule has 1 heterocycles. The predicted octanol–water partition coefficient (Wildman–Crippen LogP) is 2.84. The van der Waals surface area contributed by atoms with Gasteiger partial charge >= 0.3 is 6.18 Å². The molecule has 11 heteroatoms. The van der Waals surface area contributed by atoms with Crippen LogP contribution in [0.15, 0.2) is 48.8 Å². The van der Waals surface area contributed by atoms with Gasteiger partial charge in [-0.1, -0.05) is 6.07 Å². The Morgan fingerprint density at radius 1 is 1.19 bits per heavy atom. The number of anilines is 1. The van der Waals surface area contributed by atoms with E-state index in [0.29, 0.717) is 23.6 Å². The van der Waals surface area contributed by atoms with Gasteiger partial charge in [-0.05, 0) is 40.8 Å². The molecule has 0 radical (unpaired) electrons. The fourth-order valence-corrected chi connectivity index (χ4v) is 2.16. The van der Waals surface area contributed by atoms with Crippen molar-refractivity contribution in [2.75, 3.05) is 11.9 Å². The highest BCUT2D eigenvalue weighted by Gasteiger charge is 2.34. The maximum absolute atomic E-state index is 13.3. The number of rotatable bonds is 5. The van der Waals surface area contributed by atoms with Gasteiger partial charge in [0.05, 0.1) is 11.3 Å². The summed E-state index contributed by atoms with van der Waals surface area (Å²) in [6.07, 6.45) is -3.49. The molecule has 0 saturated carbocycles. The molecule has 0 bridgehead atoms. The van der Waals surface area contributed by atoms with Crippen LogP contribution >= 0.6 is 0 Å². The number of hydrogen-bond donors (Lipinski definition) is 1. The van der Waals surface area contributed by atoms with E-state index in [4.69, 9.17) is 4.74 Å². The largest absolute Gasteiger partial charge is 0.484 e. The smallest absolute Gasteiger partial charge is 0.419 e. The second kappa shape index (κ2) is 7.40. The van der Waals surface area contributed by atoms with E-state index in [2.05, 4.69) is 20.8 Å². The number of alkyl halides is 3. The van der Waals surface area contributed by atoms with Gasteiger partial charge in [-0.25, -0.2) is 9.07 Å². The van der Waals surface area contributed by atoms with E-state index in [9.17, 15) is 22.4 Å². The minimum Gasteiger partial charge on any atom is -0.484 e. The van der Waals surface area contributed by atoms with Crippen LogP contribution in [0.25, 0.3) is 5.69 Å². The normalized spacial score (nSPS) is 11.3. The Bertz CT molecular complexity index is 944. The van der Waals surface area contributed by atoms with Crippen LogP contribution in [0.2, 0.25) is 0 Å². The standard InChI is InChI=1S/C16H11F4N5O2/c17-14-5-4-10(6-13(14)16(18,19)20)22-15(26)8-27-12-3-1-2-11(7-12)25-9-21-23-24-25/h1-7,9H,8H2,(H,22,26). The maximum Gasteiger partial charge on any atom is 0.419 e. The van der Waals surface area contributed by atoms with Crippen LogP contribution in [0.3, 0.4) is 0 Å². The summed E-state index contributed by atoms with van der Waals surface area (Å²) in [5, 5.41) is 12.9. The highest BCUT2D eigenvalue weighted by molar-refractivity contribution is 5.92. The van der Waals surface area contributed by atoms with Crippen LogP contribution < -0.4 is 10.1 Å². The van der Waals surface area contributed by atoms with E-state index < -0.39 is 30.1 Å². The average Bonchev–Trinajstić information content (AvgIpc) is 3.16. The number of halogens is 4. The van der Waals surface area contributed by atoms with Crippen LogP contribution in [0.5, 0.6) is 5.75 Å². The highest BCUT2D eigenvalue weighted by atomic mass is 19.4. The molecule has 1 amide bonds. The first-order chi connectivity index (χ1) is 12.8. The second-order valence-electron chi connectivity index (χ2n) is 5.28. The summed E-state index contributed by atoms with van der Waals surface area (Å²) in [6.45, 7) is -0.461. The molecule has 0 aliphatic heterocycles. The van der Waals surface area contributed by atoms with E-state index in [0.717, 1.165) is 6.07 Å². The van der Waals surface area contributed by atoms with Crippen molar-refractivity contribution in [1.29, 1.82) is 0 Å². The molecule has 1 aromatic heterocycles. The van der Waals surface area contributed by atoms with E-state index in [1.807, 2.05) is 0 Å². The van der Waals surface area contributed by atoms with Gasteiger partial charge in [-0.2, -0.15) is 13.2 Å². The number of nitrogens with one attached hydrogen (secondary N) is 1. The minimum atomic E-state index is -4.86. The molecule has 7 nitrogen and oxygen atoms in total. The van der Waals surface area contributed by atoms with Crippen LogP contribution in [-0.4, -0.2) is 32.7 Å². The van der Waals surface area contributed by atoms with Gasteiger partial charge < -0.3 is 10.1 Å². The SMILES string of the molecule is O=C(COc1cccc(-n2cnnn2)c1)Nc1ccc(F)c(C(F)(F)F)c1. The summed E-state index contributed by atoms with van der Waals surface area (Å²) in [5.74, 6) is -1.80. The molecule has 0 spiro atoms. The fraction of sp³-hybridized carbons (Fsp3) is 0.125. The van der Waals surface area contributed by atoms with Crippen LogP contribution in [0, 0.1) is 5.82 Å². The number of benzene rings is 2. The third-order valence-electron chi connectivity index (χ3n) is 3.36. The Labute approximate surface area is 149 Å². The van der Waals surface area contributed by atoms with Gasteiger partial charge in [0.15, 0.2) is 6.61 Å². The summed E-state index contributed by atoms with van der Waals surface area (Å²) in [6, 6.07) is 8.70. The molecule has 1 N–H and O–H groups in total. The number of nitrogens with zero attached hydrogens (tertiary/aromatic N) is 4. The predicted molar refractivity (Wildman–Crippen MR) is 84.7 cm³/mol. The summed E-state index contributed by atoms with van der Waals surface area (Å²) in [5.41, 5.74) is -1.07. The average molecular weight is 381 g/mol. The number of carbonyl (C=O) groups excluding carboxylic acids is 1. The first kappa shape index (κ1) is 18.3. The molecule has 0 fully saturated rings. The topological polar surface area (TPSA) is 81.9 Å². The molecule has 0 aliphatic carbocycles. The van der Waals surface area contributed by atoms with Crippen molar-refractivity contribution in [3.63, 3.8) is 0 Å². The van der Waals surface area contributed by atoms with Gasteiger partial charge in [-0.15, -0.1) is 5.10 Å². The molecular formula is C16H11F4N5O2. The Morgan fingerprint density at radius 3 is 2.70 bits per heavy atom. The van der Waals surface area contributed by atoms with Crippen LogP contribution in [-0.2, 0) is 11.0 Å². The third-order valence-corrected chi connectivity index (χ3v) is 3.36. The van der Waals surface area contributed by atoms with E-state index in [-0.39, 0.29) is 5.69 Å². The number of ether oxygens (including phenoxy) is 1. The molecule has 140 valence electrons. The third kappa shape index (κ3) is 4.57. The van der Waals surface area contributed by atoms with Gasteiger partial charge in [0.25, 0.3) is 5.91 Å². The van der Waals surface area contributed by atoms with Gasteiger partial charge in [0, 0.05) is 11.8 Å². The van der Waals surface area contributed by atoms with Crippen molar-refractivity contribution in [3.05, 3.63) is 60.2 Å². The first-order valence-corrected chi connectivity index (χ1v) is 7.46. The lowest BCUT2D eigenvalue weighted by molar-refractivity contribution is -0.140. The van der Waals surface area contributed by atoms with E-state index >= 15 is 0 Å². The summed E-state index contributed by atoms with van der Waals surface area (Å²) >= 11 is 0. The number of aromatic nitrogens is 4. The number of carbonyl (C=O) groups is 1. The van der Waals surface area contributed by atoms with Crippen molar-refractivity contribution in [3.8, 4) is 11.4 Å². The zero-order valence-electron chi connectivity index (χ0n) is 13.4. The zero-order chi connectivity index (χ0) is 19.4.